The summed E-state index contributed by atoms with van der Waals surface area (Å²) in [5, 5.41) is 3.63. The van der Waals surface area contributed by atoms with Gasteiger partial charge in [-0.15, -0.1) is 0 Å². The molecule has 0 radical (unpaired) electrons. The lowest BCUT2D eigenvalue weighted by Gasteiger charge is -2.28. The van der Waals surface area contributed by atoms with Gasteiger partial charge < -0.3 is 14.8 Å². The van der Waals surface area contributed by atoms with Crippen LogP contribution in [0.15, 0.2) is 48.5 Å². The van der Waals surface area contributed by atoms with E-state index >= 15 is 0 Å². The number of nitrogens with one attached hydrogen (secondary N) is 1. The van der Waals surface area contributed by atoms with Crippen molar-refractivity contribution in [2.45, 2.75) is 25.4 Å². The minimum absolute atomic E-state index is 0.368. The molecule has 2 aromatic rings. The number of benzene rings is 2. The van der Waals surface area contributed by atoms with Crippen LogP contribution in [-0.4, -0.2) is 38.8 Å². The Kier molecular flexibility index (Phi) is 6.31. The Morgan fingerprint density at radius 2 is 1.80 bits per heavy atom. The van der Waals surface area contributed by atoms with Gasteiger partial charge >= 0.3 is 0 Å². The summed E-state index contributed by atoms with van der Waals surface area (Å²) in [5.74, 6) is 1.86. The summed E-state index contributed by atoms with van der Waals surface area (Å²) in [6.07, 6.45) is 2.57. The van der Waals surface area contributed by atoms with E-state index in [4.69, 9.17) is 9.47 Å². The number of hydrogen-bond acceptors (Lipinski definition) is 4. The molecule has 0 unspecified atom stereocenters. The highest BCUT2D eigenvalue weighted by molar-refractivity contribution is 5.33. The van der Waals surface area contributed by atoms with Gasteiger partial charge in [-0.25, -0.2) is 0 Å². The van der Waals surface area contributed by atoms with E-state index in [-0.39, 0.29) is 0 Å². The normalized spacial score (nSPS) is 15.9. The standard InChI is InChI=1S/C21H28N2O2/c1-24-19-10-7-9-17(14-19)20(23-12-5-6-13-23)16-22-15-18-8-3-4-11-21(18)25-2/h3-4,7-11,14,20,22H,5-6,12-13,15-16H2,1-2H3/t20-/m1/s1. The Bertz CT molecular complexity index is 668. The molecule has 1 aliphatic heterocycles. The van der Waals surface area contributed by atoms with Crippen LogP contribution in [-0.2, 0) is 6.54 Å². The molecule has 0 saturated carbocycles. The first kappa shape index (κ1) is 17.8. The van der Waals surface area contributed by atoms with Crippen LogP contribution in [0.4, 0.5) is 0 Å². The van der Waals surface area contributed by atoms with Gasteiger partial charge in [0.2, 0.25) is 0 Å². The van der Waals surface area contributed by atoms with Crippen molar-refractivity contribution in [1.29, 1.82) is 0 Å². The van der Waals surface area contributed by atoms with E-state index in [0.29, 0.717) is 6.04 Å². The fourth-order valence-electron chi connectivity index (χ4n) is 3.55. The highest BCUT2D eigenvalue weighted by Crippen LogP contribution is 2.27. The van der Waals surface area contributed by atoms with E-state index in [1.807, 2.05) is 18.2 Å². The van der Waals surface area contributed by atoms with Crippen LogP contribution in [0, 0.1) is 0 Å². The molecule has 1 aliphatic rings. The van der Waals surface area contributed by atoms with Crippen molar-refractivity contribution in [1.82, 2.24) is 10.2 Å². The van der Waals surface area contributed by atoms with Crippen LogP contribution in [0.1, 0.15) is 30.0 Å². The van der Waals surface area contributed by atoms with Gasteiger partial charge in [-0.3, -0.25) is 4.90 Å². The van der Waals surface area contributed by atoms with Gasteiger partial charge in [0.25, 0.3) is 0 Å². The zero-order valence-corrected chi connectivity index (χ0v) is 15.2. The Morgan fingerprint density at radius 1 is 1.00 bits per heavy atom. The summed E-state index contributed by atoms with van der Waals surface area (Å²) >= 11 is 0. The molecule has 4 heteroatoms. The quantitative estimate of drug-likeness (QED) is 0.796. The number of nitrogens with zero attached hydrogens (tertiary/aromatic N) is 1. The second kappa shape index (κ2) is 8.88. The fraction of sp³-hybridized carbons (Fsp3) is 0.429. The molecule has 0 aliphatic carbocycles. The number of methoxy groups -OCH3 is 2. The topological polar surface area (TPSA) is 33.7 Å². The largest absolute Gasteiger partial charge is 0.497 e. The molecule has 1 atom stereocenters. The molecule has 0 aromatic heterocycles. The highest BCUT2D eigenvalue weighted by atomic mass is 16.5. The summed E-state index contributed by atoms with van der Waals surface area (Å²) in [5.41, 5.74) is 2.50. The van der Waals surface area contributed by atoms with E-state index in [9.17, 15) is 0 Å². The van der Waals surface area contributed by atoms with Gasteiger partial charge in [-0.1, -0.05) is 30.3 Å². The molecule has 3 rings (SSSR count). The van der Waals surface area contributed by atoms with E-state index in [2.05, 4.69) is 40.5 Å². The first-order valence-electron chi connectivity index (χ1n) is 9.02. The van der Waals surface area contributed by atoms with E-state index in [1.165, 1.54) is 24.0 Å². The summed E-state index contributed by atoms with van der Waals surface area (Å²) < 4.78 is 10.9. The monoisotopic (exact) mass is 340 g/mol. The minimum atomic E-state index is 0.368. The van der Waals surface area contributed by atoms with Crippen molar-refractivity contribution in [3.63, 3.8) is 0 Å². The van der Waals surface area contributed by atoms with Gasteiger partial charge in [-0.2, -0.15) is 0 Å². The summed E-state index contributed by atoms with van der Waals surface area (Å²) in [6, 6.07) is 17.0. The van der Waals surface area contributed by atoms with Crippen LogP contribution < -0.4 is 14.8 Å². The molecule has 134 valence electrons. The smallest absolute Gasteiger partial charge is 0.123 e. The molecule has 1 saturated heterocycles. The maximum absolute atomic E-state index is 5.45. The third-order valence-corrected chi connectivity index (χ3v) is 4.91. The third-order valence-electron chi connectivity index (χ3n) is 4.91. The van der Waals surface area contributed by atoms with Crippen LogP contribution in [0.3, 0.4) is 0 Å². The maximum atomic E-state index is 5.45. The van der Waals surface area contributed by atoms with Crippen LogP contribution >= 0.6 is 0 Å². The average Bonchev–Trinajstić information content (AvgIpc) is 3.20. The average molecular weight is 340 g/mol. The van der Waals surface area contributed by atoms with Crippen molar-refractivity contribution in [3.8, 4) is 11.5 Å². The first-order chi connectivity index (χ1) is 12.3. The van der Waals surface area contributed by atoms with Crippen molar-refractivity contribution in [2.24, 2.45) is 0 Å². The zero-order chi connectivity index (χ0) is 17.5. The molecular weight excluding hydrogens is 312 g/mol. The minimum Gasteiger partial charge on any atom is -0.497 e. The van der Waals surface area contributed by atoms with E-state index in [1.54, 1.807) is 14.2 Å². The summed E-state index contributed by atoms with van der Waals surface area (Å²) in [7, 11) is 3.45. The highest BCUT2D eigenvalue weighted by Gasteiger charge is 2.23. The zero-order valence-electron chi connectivity index (χ0n) is 15.2. The van der Waals surface area contributed by atoms with E-state index in [0.717, 1.165) is 37.7 Å². The number of para-hydroxylation sites is 1. The molecule has 1 fully saturated rings. The Labute approximate surface area is 150 Å². The lowest BCUT2D eigenvalue weighted by molar-refractivity contribution is 0.237. The number of likely N-dealkylation sites (tertiary alicyclic amines) is 1. The van der Waals surface area contributed by atoms with Crippen molar-refractivity contribution < 1.29 is 9.47 Å². The van der Waals surface area contributed by atoms with E-state index < -0.39 is 0 Å². The summed E-state index contributed by atoms with van der Waals surface area (Å²) in [4.78, 5) is 2.57. The Hall–Kier alpha value is -2.04. The Morgan fingerprint density at radius 3 is 2.56 bits per heavy atom. The van der Waals surface area contributed by atoms with Crippen LogP contribution in [0.25, 0.3) is 0 Å². The predicted octanol–water partition coefficient (Wildman–Crippen LogP) is 3.63. The van der Waals surface area contributed by atoms with Crippen molar-refractivity contribution >= 4 is 0 Å². The lowest BCUT2D eigenvalue weighted by atomic mass is 10.0. The van der Waals surface area contributed by atoms with Crippen LogP contribution in [0.2, 0.25) is 0 Å². The predicted molar refractivity (Wildman–Crippen MR) is 101 cm³/mol. The Balaban J connectivity index is 1.69. The van der Waals surface area contributed by atoms with Gasteiger partial charge in [0.1, 0.15) is 11.5 Å². The van der Waals surface area contributed by atoms with Crippen LogP contribution in [0.5, 0.6) is 11.5 Å². The second-order valence-electron chi connectivity index (χ2n) is 6.48. The van der Waals surface area contributed by atoms with Gasteiger partial charge in [-0.05, 0) is 49.7 Å². The maximum Gasteiger partial charge on any atom is 0.123 e. The number of rotatable bonds is 8. The fourth-order valence-corrected chi connectivity index (χ4v) is 3.55. The molecule has 4 nitrogen and oxygen atoms in total. The molecular formula is C21H28N2O2. The van der Waals surface area contributed by atoms with Gasteiger partial charge in [0, 0.05) is 24.7 Å². The molecule has 1 heterocycles. The molecule has 25 heavy (non-hydrogen) atoms. The second-order valence-corrected chi connectivity index (χ2v) is 6.48. The molecule has 2 aromatic carbocycles. The lowest BCUT2D eigenvalue weighted by Crippen LogP contribution is -2.34. The first-order valence-corrected chi connectivity index (χ1v) is 9.02. The summed E-state index contributed by atoms with van der Waals surface area (Å²) in [6.45, 7) is 4.04. The molecule has 0 amide bonds. The molecule has 0 spiro atoms. The van der Waals surface area contributed by atoms with Gasteiger partial charge in [0.05, 0.1) is 14.2 Å². The number of ether oxygens (including phenoxy) is 2. The van der Waals surface area contributed by atoms with Gasteiger partial charge in [0.15, 0.2) is 0 Å². The third kappa shape index (κ3) is 4.53. The SMILES string of the molecule is COc1cccc([C@@H](CNCc2ccccc2OC)N2CCCC2)c1. The molecule has 1 N–H and O–H groups in total. The molecule has 0 bridgehead atoms. The van der Waals surface area contributed by atoms with Crippen molar-refractivity contribution in [3.05, 3.63) is 59.7 Å². The van der Waals surface area contributed by atoms with Crippen molar-refractivity contribution in [2.75, 3.05) is 33.9 Å². The number of hydrogen-bond donors (Lipinski definition) is 1.